The lowest BCUT2D eigenvalue weighted by Crippen LogP contribution is -2.45. The highest BCUT2D eigenvalue weighted by Gasteiger charge is 2.17. The zero-order chi connectivity index (χ0) is 15.3. The molecule has 1 aromatic heterocycles. The van der Waals surface area contributed by atoms with Crippen LogP contribution >= 0.6 is 11.6 Å². The number of aryl methyl sites for hydroxylation is 1. The van der Waals surface area contributed by atoms with Crippen LogP contribution in [-0.4, -0.2) is 29.4 Å². The average molecular weight is 298 g/mol. The molecule has 0 spiro atoms. The van der Waals surface area contributed by atoms with Crippen molar-refractivity contribution in [2.24, 2.45) is 5.92 Å². The van der Waals surface area contributed by atoms with Crippen molar-refractivity contribution < 1.29 is 9.59 Å². The van der Waals surface area contributed by atoms with E-state index >= 15 is 0 Å². The van der Waals surface area contributed by atoms with Gasteiger partial charge in [-0.2, -0.15) is 0 Å². The topological polar surface area (TPSA) is 71.1 Å². The molecule has 5 nitrogen and oxygen atoms in total. The summed E-state index contributed by atoms with van der Waals surface area (Å²) < 4.78 is 0. The number of pyridine rings is 1. The van der Waals surface area contributed by atoms with Crippen LogP contribution in [0.15, 0.2) is 12.1 Å². The fourth-order valence-electron chi connectivity index (χ4n) is 1.56. The first-order chi connectivity index (χ1) is 9.29. The van der Waals surface area contributed by atoms with E-state index < -0.39 is 6.04 Å². The van der Waals surface area contributed by atoms with E-state index in [0.29, 0.717) is 23.7 Å². The predicted octanol–water partition coefficient (Wildman–Crippen LogP) is 1.93. The van der Waals surface area contributed by atoms with Gasteiger partial charge in [0.1, 0.15) is 11.2 Å². The molecule has 2 N–H and O–H groups in total. The highest BCUT2D eigenvalue weighted by atomic mass is 35.5. The summed E-state index contributed by atoms with van der Waals surface area (Å²) in [4.78, 5) is 27.8. The largest absolute Gasteiger partial charge is 0.354 e. The minimum atomic E-state index is -0.603. The van der Waals surface area contributed by atoms with Crippen LogP contribution in [0.5, 0.6) is 0 Å². The van der Waals surface area contributed by atoms with Gasteiger partial charge in [0, 0.05) is 17.8 Å². The molecule has 20 heavy (non-hydrogen) atoms. The molecule has 0 saturated carbocycles. The number of nitrogens with one attached hydrogen (secondary N) is 2. The number of amides is 2. The lowest BCUT2D eigenvalue weighted by atomic mass is 10.2. The number of carbonyl (C=O) groups excluding carboxylic acids is 2. The van der Waals surface area contributed by atoms with Crippen molar-refractivity contribution in [3.05, 3.63) is 28.5 Å². The molecule has 0 aromatic carbocycles. The van der Waals surface area contributed by atoms with Crippen molar-refractivity contribution in [2.75, 3.05) is 6.54 Å². The number of aromatic nitrogens is 1. The number of nitrogens with zero attached hydrogens (tertiary/aromatic N) is 1. The smallest absolute Gasteiger partial charge is 0.252 e. The van der Waals surface area contributed by atoms with E-state index in [0.717, 1.165) is 0 Å². The SMILES string of the molecule is Cc1cc(C(=O)NC(C)C(=O)NCC(C)C)cc(Cl)n1. The minimum Gasteiger partial charge on any atom is -0.354 e. The van der Waals surface area contributed by atoms with E-state index in [1.54, 1.807) is 19.9 Å². The van der Waals surface area contributed by atoms with Gasteiger partial charge in [0.15, 0.2) is 0 Å². The average Bonchev–Trinajstić information content (AvgIpc) is 2.34. The first-order valence-electron chi connectivity index (χ1n) is 6.52. The molecule has 1 heterocycles. The van der Waals surface area contributed by atoms with Crippen LogP contribution in [0.25, 0.3) is 0 Å². The Hall–Kier alpha value is -1.62. The Morgan fingerprint density at radius 3 is 2.50 bits per heavy atom. The Morgan fingerprint density at radius 2 is 1.95 bits per heavy atom. The third-order valence-electron chi connectivity index (χ3n) is 2.61. The molecule has 0 aliphatic carbocycles. The number of carbonyl (C=O) groups is 2. The summed E-state index contributed by atoms with van der Waals surface area (Å²) in [6.45, 7) is 7.99. The first kappa shape index (κ1) is 16.4. The number of hydrogen-bond donors (Lipinski definition) is 2. The molecular weight excluding hydrogens is 278 g/mol. The zero-order valence-corrected chi connectivity index (χ0v) is 12.9. The maximum atomic E-state index is 12.0. The predicted molar refractivity (Wildman–Crippen MR) is 78.8 cm³/mol. The van der Waals surface area contributed by atoms with Crippen LogP contribution in [0, 0.1) is 12.8 Å². The Bertz CT molecular complexity index is 483. The highest BCUT2D eigenvalue weighted by Crippen LogP contribution is 2.10. The summed E-state index contributed by atoms with van der Waals surface area (Å²) in [6, 6.07) is 2.50. The maximum absolute atomic E-state index is 12.0. The van der Waals surface area contributed by atoms with Gasteiger partial charge in [0.2, 0.25) is 5.91 Å². The van der Waals surface area contributed by atoms with Crippen molar-refractivity contribution in [2.45, 2.75) is 33.7 Å². The Labute approximate surface area is 124 Å². The summed E-state index contributed by atoms with van der Waals surface area (Å²) in [5.41, 5.74) is 1.05. The Balaban J connectivity index is 2.63. The molecule has 1 unspecified atom stereocenters. The van der Waals surface area contributed by atoms with Gasteiger partial charge in [0.05, 0.1) is 0 Å². The zero-order valence-electron chi connectivity index (χ0n) is 12.2. The van der Waals surface area contributed by atoms with Gasteiger partial charge in [-0.15, -0.1) is 0 Å². The summed E-state index contributed by atoms with van der Waals surface area (Å²) in [5, 5.41) is 5.66. The molecule has 1 rings (SSSR count). The lowest BCUT2D eigenvalue weighted by molar-refractivity contribution is -0.122. The van der Waals surface area contributed by atoms with Crippen molar-refractivity contribution in [3.63, 3.8) is 0 Å². The summed E-state index contributed by atoms with van der Waals surface area (Å²) >= 11 is 5.81. The second-order valence-electron chi connectivity index (χ2n) is 5.15. The van der Waals surface area contributed by atoms with Gasteiger partial charge in [-0.1, -0.05) is 25.4 Å². The van der Waals surface area contributed by atoms with E-state index in [-0.39, 0.29) is 17.0 Å². The number of hydrogen-bond acceptors (Lipinski definition) is 3. The normalized spacial score (nSPS) is 12.1. The summed E-state index contributed by atoms with van der Waals surface area (Å²) in [6.07, 6.45) is 0. The standard InChI is InChI=1S/C14H20ClN3O2/c1-8(2)7-16-13(19)10(4)18-14(20)11-5-9(3)17-12(15)6-11/h5-6,8,10H,7H2,1-4H3,(H,16,19)(H,18,20). The molecular formula is C14H20ClN3O2. The van der Waals surface area contributed by atoms with Crippen LogP contribution in [0.3, 0.4) is 0 Å². The molecule has 0 aliphatic heterocycles. The molecule has 1 aromatic rings. The van der Waals surface area contributed by atoms with Gasteiger partial charge in [-0.25, -0.2) is 4.98 Å². The molecule has 2 amide bonds. The number of rotatable bonds is 5. The molecule has 6 heteroatoms. The first-order valence-corrected chi connectivity index (χ1v) is 6.90. The molecule has 0 fully saturated rings. The highest BCUT2D eigenvalue weighted by molar-refractivity contribution is 6.29. The second kappa shape index (κ2) is 7.24. The molecule has 110 valence electrons. The summed E-state index contributed by atoms with van der Waals surface area (Å²) in [5.74, 6) is -0.183. The Kier molecular flexibility index (Phi) is 5.95. The quantitative estimate of drug-likeness (QED) is 0.816. The summed E-state index contributed by atoms with van der Waals surface area (Å²) in [7, 11) is 0. The van der Waals surface area contributed by atoms with Crippen LogP contribution in [0.1, 0.15) is 36.8 Å². The molecule has 1 atom stereocenters. The van der Waals surface area contributed by atoms with Crippen LogP contribution in [0.4, 0.5) is 0 Å². The second-order valence-corrected chi connectivity index (χ2v) is 5.54. The van der Waals surface area contributed by atoms with Gasteiger partial charge in [0.25, 0.3) is 5.91 Å². The third-order valence-corrected chi connectivity index (χ3v) is 2.80. The lowest BCUT2D eigenvalue weighted by Gasteiger charge is -2.15. The van der Waals surface area contributed by atoms with Crippen LogP contribution < -0.4 is 10.6 Å². The van der Waals surface area contributed by atoms with Crippen molar-refractivity contribution in [1.29, 1.82) is 0 Å². The Morgan fingerprint density at radius 1 is 1.30 bits per heavy atom. The number of halogens is 1. The van der Waals surface area contributed by atoms with E-state index in [4.69, 9.17) is 11.6 Å². The van der Waals surface area contributed by atoms with Gasteiger partial charge in [-0.05, 0) is 31.9 Å². The van der Waals surface area contributed by atoms with Crippen LogP contribution in [-0.2, 0) is 4.79 Å². The van der Waals surface area contributed by atoms with E-state index in [1.807, 2.05) is 13.8 Å². The van der Waals surface area contributed by atoms with Gasteiger partial charge < -0.3 is 10.6 Å². The molecule has 0 radical (unpaired) electrons. The van der Waals surface area contributed by atoms with E-state index in [2.05, 4.69) is 15.6 Å². The van der Waals surface area contributed by atoms with Gasteiger partial charge >= 0.3 is 0 Å². The van der Waals surface area contributed by atoms with Gasteiger partial charge in [-0.3, -0.25) is 9.59 Å². The van der Waals surface area contributed by atoms with E-state index in [1.165, 1.54) is 6.07 Å². The monoisotopic (exact) mass is 297 g/mol. The van der Waals surface area contributed by atoms with E-state index in [9.17, 15) is 9.59 Å². The van der Waals surface area contributed by atoms with Crippen molar-refractivity contribution in [1.82, 2.24) is 15.6 Å². The third kappa shape index (κ3) is 5.17. The minimum absolute atomic E-state index is 0.205. The molecule has 0 saturated heterocycles. The van der Waals surface area contributed by atoms with Crippen molar-refractivity contribution in [3.8, 4) is 0 Å². The van der Waals surface area contributed by atoms with Crippen molar-refractivity contribution >= 4 is 23.4 Å². The maximum Gasteiger partial charge on any atom is 0.252 e. The molecule has 0 aliphatic rings. The fourth-order valence-corrected chi connectivity index (χ4v) is 1.81. The van der Waals surface area contributed by atoms with Crippen LogP contribution in [0.2, 0.25) is 5.15 Å². The fraction of sp³-hybridized carbons (Fsp3) is 0.500. The molecule has 0 bridgehead atoms.